The highest BCUT2D eigenvalue weighted by molar-refractivity contribution is 8.00. The number of hydrogen-bond acceptors (Lipinski definition) is 7. The highest BCUT2D eigenvalue weighted by atomic mass is 32.2. The Morgan fingerprint density at radius 3 is 2.56 bits per heavy atom. The minimum atomic E-state index is -0.524. The predicted molar refractivity (Wildman–Crippen MR) is 118 cm³/mol. The number of aromatic nitrogens is 2. The average Bonchev–Trinajstić information content (AvgIpc) is 2.82. The number of carbonyl (C=O) groups excluding carboxylic acids is 2. The molecule has 0 bridgehead atoms. The summed E-state index contributed by atoms with van der Waals surface area (Å²) in [7, 11) is 0. The number of thioether (sulfide) groups is 1. The Hall–Kier alpha value is -3.08. The van der Waals surface area contributed by atoms with Gasteiger partial charge in [0.15, 0.2) is 0 Å². The van der Waals surface area contributed by atoms with Crippen molar-refractivity contribution in [3.05, 3.63) is 65.7 Å². The van der Waals surface area contributed by atoms with Crippen molar-refractivity contribution >= 4 is 34.5 Å². The number of hydrogen-bond donors (Lipinski definition) is 2. The quantitative estimate of drug-likeness (QED) is 0.334. The van der Waals surface area contributed by atoms with Gasteiger partial charge in [-0.15, -0.1) is 0 Å². The summed E-state index contributed by atoms with van der Waals surface area (Å²) < 4.78 is 18.4. The normalized spacial score (nSPS) is 14.3. The molecule has 0 aliphatic carbocycles. The number of nitrogens with one attached hydrogen (secondary N) is 2. The molecule has 1 aliphatic heterocycles. The van der Waals surface area contributed by atoms with Crippen LogP contribution in [0.15, 0.2) is 53.6 Å². The Balaban J connectivity index is 1.38. The molecule has 1 aliphatic rings. The van der Waals surface area contributed by atoms with Crippen LogP contribution in [0.1, 0.15) is 16.2 Å². The Labute approximate surface area is 188 Å². The molecule has 1 aromatic heterocycles. The molecule has 166 valence electrons. The van der Waals surface area contributed by atoms with E-state index in [1.54, 1.807) is 0 Å². The van der Waals surface area contributed by atoms with E-state index in [0.717, 1.165) is 24.0 Å². The lowest BCUT2D eigenvalue weighted by molar-refractivity contribution is -0.119. The van der Waals surface area contributed by atoms with Crippen molar-refractivity contribution in [3.8, 4) is 0 Å². The van der Waals surface area contributed by atoms with Gasteiger partial charge in [0.1, 0.15) is 16.7 Å². The average molecular weight is 456 g/mol. The zero-order chi connectivity index (χ0) is 22.3. The molecule has 2 heterocycles. The van der Waals surface area contributed by atoms with Crippen molar-refractivity contribution in [1.82, 2.24) is 25.7 Å². The van der Waals surface area contributed by atoms with Gasteiger partial charge in [0, 0.05) is 24.0 Å². The van der Waals surface area contributed by atoms with Crippen molar-refractivity contribution < 1.29 is 18.7 Å². The van der Waals surface area contributed by atoms with E-state index in [-0.39, 0.29) is 17.2 Å². The van der Waals surface area contributed by atoms with Crippen LogP contribution in [0.2, 0.25) is 0 Å². The van der Waals surface area contributed by atoms with Crippen LogP contribution in [0, 0.1) is 5.82 Å². The third-order valence-corrected chi connectivity index (χ3v) is 5.84. The number of fused-ring (bicyclic) bond motifs is 1. The first-order valence-electron chi connectivity index (χ1n) is 10.1. The van der Waals surface area contributed by atoms with Crippen molar-refractivity contribution in [3.63, 3.8) is 0 Å². The van der Waals surface area contributed by atoms with Gasteiger partial charge in [-0.05, 0) is 30.3 Å². The molecule has 3 aromatic rings. The maximum absolute atomic E-state index is 13.0. The first-order chi connectivity index (χ1) is 15.6. The second-order valence-electron chi connectivity index (χ2n) is 7.15. The van der Waals surface area contributed by atoms with Crippen LogP contribution in [0.4, 0.5) is 4.39 Å². The lowest BCUT2D eigenvalue weighted by Crippen LogP contribution is -2.42. The van der Waals surface area contributed by atoms with Gasteiger partial charge >= 0.3 is 0 Å². The van der Waals surface area contributed by atoms with Crippen molar-refractivity contribution in [2.24, 2.45) is 0 Å². The summed E-state index contributed by atoms with van der Waals surface area (Å²) in [6.45, 7) is 3.66. The Kier molecular flexibility index (Phi) is 7.25. The first-order valence-corrected chi connectivity index (χ1v) is 11.1. The standard InChI is InChI=1S/C22H22FN5O3S/c23-16-7-5-15(6-8-16)21(30)27-26-20(29)14-32-22-17-3-1-2-4-18(17)24-19(25-22)13-28-9-11-31-12-10-28/h1-8H,9-14H2,(H,26,29)(H,27,30). The van der Waals surface area contributed by atoms with Gasteiger partial charge in [0.2, 0.25) is 5.91 Å². The molecule has 0 spiro atoms. The van der Waals surface area contributed by atoms with E-state index < -0.39 is 11.7 Å². The van der Waals surface area contributed by atoms with Gasteiger partial charge in [-0.2, -0.15) is 0 Å². The number of halogens is 1. The summed E-state index contributed by atoms with van der Waals surface area (Å²) >= 11 is 1.28. The van der Waals surface area contributed by atoms with Gasteiger partial charge in [-0.25, -0.2) is 14.4 Å². The SMILES string of the molecule is O=C(CSc1nc(CN2CCOCC2)nc2ccccc12)NNC(=O)c1ccc(F)cc1. The third kappa shape index (κ3) is 5.78. The molecule has 0 unspecified atom stereocenters. The highest BCUT2D eigenvalue weighted by Gasteiger charge is 2.15. The fraction of sp³-hybridized carbons (Fsp3) is 0.273. The Morgan fingerprint density at radius 2 is 1.78 bits per heavy atom. The molecule has 32 heavy (non-hydrogen) atoms. The number of hydrazine groups is 1. The summed E-state index contributed by atoms with van der Waals surface area (Å²) in [6.07, 6.45) is 0. The van der Waals surface area contributed by atoms with E-state index in [4.69, 9.17) is 4.74 Å². The molecule has 1 saturated heterocycles. The smallest absolute Gasteiger partial charge is 0.269 e. The largest absolute Gasteiger partial charge is 0.379 e. The van der Waals surface area contributed by atoms with Crippen LogP contribution >= 0.6 is 11.8 Å². The molecular formula is C22H22FN5O3S. The summed E-state index contributed by atoms with van der Waals surface area (Å²) in [5, 5.41) is 1.57. The predicted octanol–water partition coefficient (Wildman–Crippen LogP) is 2.15. The molecule has 1 fully saturated rings. The zero-order valence-electron chi connectivity index (χ0n) is 17.2. The van der Waals surface area contributed by atoms with Crippen LogP contribution < -0.4 is 10.9 Å². The minimum absolute atomic E-state index is 0.0572. The number of morpholine rings is 1. The van der Waals surface area contributed by atoms with Gasteiger partial charge in [0.25, 0.3) is 5.91 Å². The molecule has 4 rings (SSSR count). The minimum Gasteiger partial charge on any atom is -0.379 e. The summed E-state index contributed by atoms with van der Waals surface area (Å²) in [5.41, 5.74) is 5.77. The van der Waals surface area contributed by atoms with Crippen molar-refractivity contribution in [2.45, 2.75) is 11.6 Å². The maximum atomic E-state index is 13.0. The molecule has 0 radical (unpaired) electrons. The van der Waals surface area contributed by atoms with Gasteiger partial charge in [-0.1, -0.05) is 30.0 Å². The van der Waals surface area contributed by atoms with Crippen LogP contribution in [0.25, 0.3) is 10.9 Å². The van der Waals surface area contributed by atoms with Gasteiger partial charge in [0.05, 0.1) is 31.0 Å². The van der Waals surface area contributed by atoms with Crippen LogP contribution in [-0.2, 0) is 16.1 Å². The lowest BCUT2D eigenvalue weighted by atomic mass is 10.2. The first kappa shape index (κ1) is 22.1. The third-order valence-electron chi connectivity index (χ3n) is 4.85. The van der Waals surface area contributed by atoms with Crippen LogP contribution in [0.5, 0.6) is 0 Å². The number of carbonyl (C=O) groups is 2. The number of rotatable bonds is 6. The van der Waals surface area contributed by atoms with E-state index in [1.807, 2.05) is 24.3 Å². The molecular weight excluding hydrogens is 433 g/mol. The van der Waals surface area contributed by atoms with E-state index in [2.05, 4.69) is 25.7 Å². The molecule has 2 aromatic carbocycles. The maximum Gasteiger partial charge on any atom is 0.269 e. The van der Waals surface area contributed by atoms with E-state index >= 15 is 0 Å². The van der Waals surface area contributed by atoms with E-state index in [1.165, 1.54) is 36.0 Å². The molecule has 0 atom stereocenters. The summed E-state index contributed by atoms with van der Waals surface area (Å²) in [4.78, 5) is 35.9. The number of benzene rings is 2. The van der Waals surface area contributed by atoms with E-state index in [0.29, 0.717) is 30.6 Å². The van der Waals surface area contributed by atoms with Gasteiger partial charge in [-0.3, -0.25) is 25.3 Å². The fourth-order valence-corrected chi connectivity index (χ4v) is 4.04. The molecule has 2 amide bonds. The number of ether oxygens (including phenoxy) is 1. The molecule has 2 N–H and O–H groups in total. The second kappa shape index (κ2) is 10.5. The Morgan fingerprint density at radius 1 is 1.03 bits per heavy atom. The van der Waals surface area contributed by atoms with Crippen LogP contribution in [0.3, 0.4) is 0 Å². The number of nitrogens with zero attached hydrogens (tertiary/aromatic N) is 3. The summed E-state index contributed by atoms with van der Waals surface area (Å²) in [5.74, 6) is -0.599. The number of amides is 2. The monoisotopic (exact) mass is 455 g/mol. The van der Waals surface area contributed by atoms with Crippen LogP contribution in [-0.4, -0.2) is 58.7 Å². The molecule has 0 saturated carbocycles. The highest BCUT2D eigenvalue weighted by Crippen LogP contribution is 2.25. The number of para-hydroxylation sites is 1. The Bertz CT molecular complexity index is 1110. The lowest BCUT2D eigenvalue weighted by Gasteiger charge is -2.25. The fourth-order valence-electron chi connectivity index (χ4n) is 3.20. The van der Waals surface area contributed by atoms with E-state index in [9.17, 15) is 14.0 Å². The van der Waals surface area contributed by atoms with Crippen molar-refractivity contribution in [1.29, 1.82) is 0 Å². The van der Waals surface area contributed by atoms with Crippen molar-refractivity contribution in [2.75, 3.05) is 32.1 Å². The molecule has 10 heteroatoms. The van der Waals surface area contributed by atoms with Gasteiger partial charge < -0.3 is 4.74 Å². The second-order valence-corrected chi connectivity index (χ2v) is 8.11. The molecule has 8 nitrogen and oxygen atoms in total. The zero-order valence-corrected chi connectivity index (χ0v) is 18.0. The summed E-state index contributed by atoms with van der Waals surface area (Å²) in [6, 6.07) is 12.7. The topological polar surface area (TPSA) is 96.5 Å².